The number of carbonyl (C=O) groups excluding carboxylic acids is 1. The van der Waals surface area contributed by atoms with Gasteiger partial charge in [-0.15, -0.1) is 0 Å². The van der Waals surface area contributed by atoms with Crippen molar-refractivity contribution < 1.29 is 38.8 Å². The average Bonchev–Trinajstić information content (AvgIpc) is 2.66. The molecule has 29 heavy (non-hydrogen) atoms. The van der Waals surface area contributed by atoms with E-state index in [0.717, 1.165) is 18.2 Å². The average molecular weight is 406 g/mol. The molecule has 0 amide bonds. The molecule has 1 rings (SSSR count). The SMILES string of the molecule is C=C(C)OCC(CC)(COC(=C)C)COC(=O)c1ccc(C(=O)O)cc1C(=O)O. The predicted octanol–water partition coefficient (Wildman–Crippen LogP) is 3.74. The third-order valence-electron chi connectivity index (χ3n) is 4.23. The third-order valence-corrected chi connectivity index (χ3v) is 4.23. The third kappa shape index (κ3) is 6.99. The van der Waals surface area contributed by atoms with Crippen LogP contribution in [0.3, 0.4) is 0 Å². The second-order valence-corrected chi connectivity index (χ2v) is 6.78. The Labute approximate surface area is 169 Å². The van der Waals surface area contributed by atoms with Crippen molar-refractivity contribution in [2.45, 2.75) is 27.2 Å². The summed E-state index contributed by atoms with van der Waals surface area (Å²) in [5.41, 5.74) is -1.65. The van der Waals surface area contributed by atoms with Crippen LogP contribution in [0.25, 0.3) is 0 Å². The van der Waals surface area contributed by atoms with Gasteiger partial charge in [-0.3, -0.25) is 0 Å². The Kier molecular flexibility index (Phi) is 8.44. The molecule has 0 bridgehead atoms. The number of carboxylic acids is 2. The van der Waals surface area contributed by atoms with Gasteiger partial charge in [0.25, 0.3) is 0 Å². The molecule has 0 unspecified atom stereocenters. The van der Waals surface area contributed by atoms with Crippen LogP contribution >= 0.6 is 0 Å². The number of aromatic carboxylic acids is 2. The molecule has 8 heteroatoms. The van der Waals surface area contributed by atoms with Crippen LogP contribution in [0.15, 0.2) is 42.9 Å². The highest BCUT2D eigenvalue weighted by molar-refractivity contribution is 6.04. The summed E-state index contributed by atoms with van der Waals surface area (Å²) >= 11 is 0. The molecule has 0 radical (unpaired) electrons. The van der Waals surface area contributed by atoms with Gasteiger partial charge in [0.1, 0.15) is 6.61 Å². The lowest BCUT2D eigenvalue weighted by Gasteiger charge is -2.32. The van der Waals surface area contributed by atoms with Crippen LogP contribution in [0.5, 0.6) is 0 Å². The first-order valence-corrected chi connectivity index (χ1v) is 8.85. The first kappa shape index (κ1) is 23.7. The maximum atomic E-state index is 12.5. The standard InChI is InChI=1S/C21H26O8/c1-6-21(10-27-13(2)3,11-28-14(4)5)12-29-20(26)16-8-7-15(18(22)23)9-17(16)19(24)25/h7-9H,2,4,6,10-12H2,1,3,5H3,(H,22,23)(H,24,25). The van der Waals surface area contributed by atoms with Crippen LogP contribution in [0.4, 0.5) is 0 Å². The Hall–Kier alpha value is -3.29. The van der Waals surface area contributed by atoms with Crippen LogP contribution in [0, 0.1) is 5.41 Å². The van der Waals surface area contributed by atoms with Crippen LogP contribution in [-0.2, 0) is 14.2 Å². The van der Waals surface area contributed by atoms with E-state index in [4.69, 9.17) is 19.3 Å². The second-order valence-electron chi connectivity index (χ2n) is 6.78. The molecule has 0 atom stereocenters. The Balaban J connectivity index is 3.07. The van der Waals surface area contributed by atoms with Crippen molar-refractivity contribution in [3.63, 3.8) is 0 Å². The van der Waals surface area contributed by atoms with E-state index in [1.807, 2.05) is 6.92 Å². The van der Waals surface area contributed by atoms with Gasteiger partial charge in [0, 0.05) is 0 Å². The summed E-state index contributed by atoms with van der Waals surface area (Å²) in [5, 5.41) is 18.3. The molecule has 0 fully saturated rings. The Morgan fingerprint density at radius 1 is 0.897 bits per heavy atom. The topological polar surface area (TPSA) is 119 Å². The van der Waals surface area contributed by atoms with Crippen molar-refractivity contribution >= 4 is 17.9 Å². The van der Waals surface area contributed by atoms with Gasteiger partial charge in [-0.2, -0.15) is 0 Å². The molecule has 8 nitrogen and oxygen atoms in total. The second kappa shape index (κ2) is 10.3. The Bertz CT molecular complexity index is 791. The van der Waals surface area contributed by atoms with Gasteiger partial charge >= 0.3 is 17.9 Å². The van der Waals surface area contributed by atoms with Crippen LogP contribution in [0.1, 0.15) is 58.3 Å². The first-order chi connectivity index (χ1) is 13.5. The molecule has 2 N–H and O–H groups in total. The molecule has 0 heterocycles. The lowest BCUT2D eigenvalue weighted by molar-refractivity contribution is -0.0329. The fourth-order valence-corrected chi connectivity index (χ4v) is 2.31. The van der Waals surface area contributed by atoms with Crippen LogP contribution < -0.4 is 0 Å². The van der Waals surface area contributed by atoms with E-state index in [9.17, 15) is 19.5 Å². The molecule has 0 spiro atoms. The van der Waals surface area contributed by atoms with Gasteiger partial charge in [0.15, 0.2) is 0 Å². The van der Waals surface area contributed by atoms with E-state index in [-0.39, 0.29) is 30.9 Å². The highest BCUT2D eigenvalue weighted by Gasteiger charge is 2.33. The quantitative estimate of drug-likeness (QED) is 0.398. The summed E-state index contributed by atoms with van der Waals surface area (Å²) in [5.74, 6) is -2.64. The summed E-state index contributed by atoms with van der Waals surface area (Å²) in [4.78, 5) is 35.0. The highest BCUT2D eigenvalue weighted by atomic mass is 16.5. The Morgan fingerprint density at radius 2 is 1.41 bits per heavy atom. The van der Waals surface area contributed by atoms with E-state index >= 15 is 0 Å². The number of ether oxygens (including phenoxy) is 3. The smallest absolute Gasteiger partial charge is 0.339 e. The van der Waals surface area contributed by atoms with Crippen molar-refractivity contribution in [1.82, 2.24) is 0 Å². The van der Waals surface area contributed by atoms with Crippen molar-refractivity contribution in [3.05, 3.63) is 59.6 Å². The van der Waals surface area contributed by atoms with Gasteiger partial charge in [-0.05, 0) is 38.5 Å². The van der Waals surface area contributed by atoms with Crippen molar-refractivity contribution in [3.8, 4) is 0 Å². The molecular formula is C21H26O8. The molecule has 1 aromatic carbocycles. The molecule has 0 saturated carbocycles. The van der Waals surface area contributed by atoms with Gasteiger partial charge in [-0.1, -0.05) is 20.1 Å². The summed E-state index contributed by atoms with van der Waals surface area (Å²) in [6, 6.07) is 3.19. The number of esters is 1. The molecule has 0 saturated heterocycles. The highest BCUT2D eigenvalue weighted by Crippen LogP contribution is 2.27. The lowest BCUT2D eigenvalue weighted by atomic mass is 9.88. The summed E-state index contributed by atoms with van der Waals surface area (Å²) in [6.45, 7) is 12.9. The molecule has 158 valence electrons. The van der Waals surface area contributed by atoms with E-state index in [1.165, 1.54) is 0 Å². The number of benzene rings is 1. The van der Waals surface area contributed by atoms with Crippen molar-refractivity contribution in [1.29, 1.82) is 0 Å². The summed E-state index contributed by atoms with van der Waals surface area (Å²) in [6.07, 6.45) is 0.532. The van der Waals surface area contributed by atoms with Gasteiger partial charge in [0.05, 0.1) is 46.8 Å². The van der Waals surface area contributed by atoms with Crippen molar-refractivity contribution in [2.24, 2.45) is 5.41 Å². The summed E-state index contributed by atoms with van der Waals surface area (Å²) < 4.78 is 16.4. The van der Waals surface area contributed by atoms with E-state index in [2.05, 4.69) is 13.2 Å². The minimum atomic E-state index is -1.43. The largest absolute Gasteiger partial charge is 0.498 e. The number of rotatable bonds is 12. The molecule has 0 aromatic heterocycles. The van der Waals surface area contributed by atoms with E-state index < -0.39 is 28.9 Å². The normalized spacial score (nSPS) is 10.7. The molecule has 0 aliphatic rings. The van der Waals surface area contributed by atoms with E-state index in [1.54, 1.807) is 13.8 Å². The number of allylic oxidation sites excluding steroid dienone is 2. The zero-order valence-corrected chi connectivity index (χ0v) is 16.8. The maximum absolute atomic E-state index is 12.5. The molecule has 0 aliphatic carbocycles. The fourth-order valence-electron chi connectivity index (χ4n) is 2.31. The number of hydrogen-bond acceptors (Lipinski definition) is 6. The minimum Gasteiger partial charge on any atom is -0.498 e. The summed E-state index contributed by atoms with van der Waals surface area (Å²) in [7, 11) is 0. The van der Waals surface area contributed by atoms with Gasteiger partial charge < -0.3 is 24.4 Å². The zero-order valence-electron chi connectivity index (χ0n) is 16.8. The van der Waals surface area contributed by atoms with Gasteiger partial charge in [0.2, 0.25) is 0 Å². The monoisotopic (exact) mass is 406 g/mol. The zero-order chi connectivity index (χ0) is 22.2. The minimum absolute atomic E-state index is 0.108. The molecule has 1 aromatic rings. The maximum Gasteiger partial charge on any atom is 0.339 e. The first-order valence-electron chi connectivity index (χ1n) is 8.85. The molecule has 0 aliphatic heterocycles. The van der Waals surface area contributed by atoms with Crippen LogP contribution in [0.2, 0.25) is 0 Å². The number of hydrogen-bond donors (Lipinski definition) is 2. The molecular weight excluding hydrogens is 380 g/mol. The predicted molar refractivity (Wildman–Crippen MR) is 105 cm³/mol. The van der Waals surface area contributed by atoms with Crippen molar-refractivity contribution in [2.75, 3.05) is 19.8 Å². The number of carboxylic acid groups (broad SMARTS) is 2. The van der Waals surface area contributed by atoms with Crippen LogP contribution in [-0.4, -0.2) is 47.9 Å². The fraction of sp³-hybridized carbons (Fsp3) is 0.381. The lowest BCUT2D eigenvalue weighted by Crippen LogP contribution is -2.37. The van der Waals surface area contributed by atoms with Gasteiger partial charge in [-0.25, -0.2) is 14.4 Å². The van der Waals surface area contributed by atoms with E-state index in [0.29, 0.717) is 17.9 Å². The number of carbonyl (C=O) groups is 3. The Morgan fingerprint density at radius 3 is 1.83 bits per heavy atom.